The van der Waals surface area contributed by atoms with Gasteiger partial charge in [-0.25, -0.2) is 0 Å². The highest BCUT2D eigenvalue weighted by Gasteiger charge is 2.50. The molecule has 0 amide bonds. The van der Waals surface area contributed by atoms with Crippen LogP contribution in [-0.2, 0) is 28.5 Å². The fourth-order valence-corrected chi connectivity index (χ4v) is 10.8. The van der Waals surface area contributed by atoms with Gasteiger partial charge >= 0.3 is 5.97 Å². The molecule has 0 aromatic carbocycles. The second kappa shape index (κ2) is 44.0. The normalized spacial score (nSPS) is 20.7. The predicted octanol–water partition coefficient (Wildman–Crippen LogP) is 12.9. The molecular formula is C59H114N2O9. The molecule has 70 heavy (non-hydrogen) atoms. The Balaban J connectivity index is 0.000000501. The summed E-state index contributed by atoms with van der Waals surface area (Å²) in [4.78, 5) is 28.0. The fourth-order valence-electron chi connectivity index (χ4n) is 10.8. The van der Waals surface area contributed by atoms with E-state index >= 15 is 0 Å². The molecule has 3 fully saturated rings. The van der Waals surface area contributed by atoms with E-state index in [1.54, 1.807) is 0 Å². The SMILES string of the molecule is CCCCCCCCC(O)CN(CCCC(=O)OC1CO[C@@H]2C(OC=O)CO[C@H]12)CC(O)CCCCCCCC.CCCCCCCCC(O)CN(CCCC)CC(CCCCCCCC)C1CCC1. The molecule has 414 valence electrons. The lowest BCUT2D eigenvalue weighted by Gasteiger charge is -2.38. The van der Waals surface area contributed by atoms with Gasteiger partial charge in [-0.3, -0.25) is 14.5 Å². The summed E-state index contributed by atoms with van der Waals surface area (Å²) in [5.41, 5.74) is 0. The number of aliphatic hydroxyl groups excluding tert-OH is 3. The summed E-state index contributed by atoms with van der Waals surface area (Å²) in [5.74, 6) is 1.53. The van der Waals surface area contributed by atoms with Crippen LogP contribution in [0.1, 0.15) is 259 Å². The maximum atomic E-state index is 12.6. The van der Waals surface area contributed by atoms with Crippen LogP contribution in [0.5, 0.6) is 0 Å². The van der Waals surface area contributed by atoms with E-state index in [0.29, 0.717) is 32.5 Å². The number of ether oxygens (including phenoxy) is 4. The van der Waals surface area contributed by atoms with Crippen molar-refractivity contribution in [2.75, 3.05) is 52.5 Å². The van der Waals surface area contributed by atoms with E-state index in [1.807, 2.05) is 0 Å². The molecule has 2 saturated heterocycles. The van der Waals surface area contributed by atoms with Crippen molar-refractivity contribution < 1.29 is 43.9 Å². The summed E-state index contributed by atoms with van der Waals surface area (Å²) < 4.78 is 21.9. The minimum Gasteiger partial charge on any atom is -0.459 e. The average Bonchev–Trinajstić information content (AvgIpc) is 3.92. The number of nitrogens with zero attached hydrogens (tertiary/aromatic N) is 2. The number of hydrogen-bond donors (Lipinski definition) is 3. The zero-order valence-corrected chi connectivity index (χ0v) is 46.4. The van der Waals surface area contributed by atoms with E-state index < -0.39 is 36.6 Å². The van der Waals surface area contributed by atoms with E-state index in [9.17, 15) is 24.9 Å². The molecule has 1 aliphatic carbocycles. The van der Waals surface area contributed by atoms with E-state index in [2.05, 4.69) is 44.4 Å². The molecule has 11 heteroatoms. The van der Waals surface area contributed by atoms with E-state index in [1.165, 1.54) is 180 Å². The summed E-state index contributed by atoms with van der Waals surface area (Å²) in [6, 6.07) is 0. The molecule has 2 heterocycles. The molecular weight excluding hydrogens is 881 g/mol. The third kappa shape index (κ3) is 31.4. The highest BCUT2D eigenvalue weighted by Crippen LogP contribution is 2.37. The van der Waals surface area contributed by atoms with Gasteiger partial charge in [0.25, 0.3) is 6.47 Å². The van der Waals surface area contributed by atoms with Crippen LogP contribution in [0.4, 0.5) is 0 Å². The number of aliphatic hydroxyl groups is 3. The quantitative estimate of drug-likeness (QED) is 0.0305. The molecule has 1 saturated carbocycles. The number of esters is 1. The minimum absolute atomic E-state index is 0.121. The monoisotopic (exact) mass is 995 g/mol. The third-order valence-electron chi connectivity index (χ3n) is 15.5. The van der Waals surface area contributed by atoms with Gasteiger partial charge in [-0.15, -0.1) is 0 Å². The van der Waals surface area contributed by atoms with Crippen molar-refractivity contribution in [3.8, 4) is 0 Å². The lowest BCUT2D eigenvalue weighted by atomic mass is 9.73. The Morgan fingerprint density at radius 3 is 1.33 bits per heavy atom. The highest BCUT2D eigenvalue weighted by atomic mass is 16.7. The second-order valence-corrected chi connectivity index (χ2v) is 22.0. The first-order valence-electron chi connectivity index (χ1n) is 30.2. The Morgan fingerprint density at radius 2 is 0.900 bits per heavy atom. The lowest BCUT2D eigenvalue weighted by molar-refractivity contribution is -0.154. The molecule has 3 N–H and O–H groups in total. The standard InChI is InChI=1S/C31H57NO8.C28H57NO/c1-3-5-7-9-11-13-16-25(34)20-32(21-26(35)17-14-12-10-8-6-4-2)19-15-18-29(36)40-28-23-38-30-27(39-24-33)22-37-31(28)30;1-4-7-10-12-14-16-19-27(26-20-18-21-26)24-29(23-9-6-3)25-28(30)22-17-15-13-11-8-5-2/h24-28,30-31,34-35H,3-23H2,1-2H3;26-28,30H,4-25H2,1-3H3/t25?,26?,27?,28?,30-,31-;/m1./s1. The Morgan fingerprint density at radius 1 is 0.514 bits per heavy atom. The maximum Gasteiger partial charge on any atom is 0.306 e. The Kier molecular flexibility index (Phi) is 40.7. The van der Waals surface area contributed by atoms with Gasteiger partial charge in [-0.2, -0.15) is 0 Å². The Bertz CT molecular complexity index is 1170. The average molecular weight is 996 g/mol. The van der Waals surface area contributed by atoms with Crippen molar-refractivity contribution in [1.82, 2.24) is 9.80 Å². The molecule has 2 aliphatic heterocycles. The molecule has 0 aromatic heterocycles. The van der Waals surface area contributed by atoms with Crippen molar-refractivity contribution in [2.24, 2.45) is 11.8 Å². The topological polar surface area (TPSA) is 138 Å². The van der Waals surface area contributed by atoms with E-state index in [-0.39, 0.29) is 31.7 Å². The van der Waals surface area contributed by atoms with Crippen LogP contribution >= 0.6 is 0 Å². The van der Waals surface area contributed by atoms with Gasteiger partial charge < -0.3 is 39.2 Å². The smallest absolute Gasteiger partial charge is 0.306 e. The van der Waals surface area contributed by atoms with E-state index in [0.717, 1.165) is 63.3 Å². The minimum atomic E-state index is -0.507. The number of unbranched alkanes of at least 4 members (excludes halogenated alkanes) is 21. The van der Waals surface area contributed by atoms with Gasteiger partial charge in [-0.1, -0.05) is 214 Å². The molecule has 0 bridgehead atoms. The number of fused-ring (bicyclic) bond motifs is 1. The Hall–Kier alpha value is -1.34. The first-order chi connectivity index (χ1) is 34.2. The highest BCUT2D eigenvalue weighted by molar-refractivity contribution is 5.69. The van der Waals surface area contributed by atoms with Crippen LogP contribution in [0.15, 0.2) is 0 Å². The first-order valence-corrected chi connectivity index (χ1v) is 30.2. The molecule has 3 rings (SSSR count). The van der Waals surface area contributed by atoms with Crippen LogP contribution in [0, 0.1) is 11.8 Å². The summed E-state index contributed by atoms with van der Waals surface area (Å²) >= 11 is 0. The van der Waals surface area contributed by atoms with Gasteiger partial charge in [0.05, 0.1) is 31.5 Å². The largest absolute Gasteiger partial charge is 0.459 e. The zero-order chi connectivity index (χ0) is 50.9. The first kappa shape index (κ1) is 64.8. The summed E-state index contributed by atoms with van der Waals surface area (Å²) in [5, 5.41) is 32.1. The number of carbonyl (C=O) groups is 2. The summed E-state index contributed by atoms with van der Waals surface area (Å²) in [6.07, 6.45) is 39.5. The van der Waals surface area contributed by atoms with Crippen molar-refractivity contribution in [3.63, 3.8) is 0 Å². The van der Waals surface area contributed by atoms with Crippen molar-refractivity contribution in [1.29, 1.82) is 0 Å². The molecule has 8 atom stereocenters. The van der Waals surface area contributed by atoms with Crippen molar-refractivity contribution in [3.05, 3.63) is 0 Å². The molecule has 0 aromatic rings. The van der Waals surface area contributed by atoms with E-state index in [4.69, 9.17) is 18.9 Å². The van der Waals surface area contributed by atoms with Crippen LogP contribution in [-0.4, -0.2) is 133 Å². The van der Waals surface area contributed by atoms with Gasteiger partial charge in [0.15, 0.2) is 12.2 Å². The van der Waals surface area contributed by atoms with Gasteiger partial charge in [-0.05, 0) is 63.5 Å². The van der Waals surface area contributed by atoms with Crippen LogP contribution in [0.25, 0.3) is 0 Å². The number of rotatable bonds is 47. The van der Waals surface area contributed by atoms with Gasteiger partial charge in [0, 0.05) is 32.6 Å². The van der Waals surface area contributed by atoms with Crippen LogP contribution in [0.3, 0.4) is 0 Å². The van der Waals surface area contributed by atoms with Gasteiger partial charge in [0.2, 0.25) is 0 Å². The fraction of sp³-hybridized carbons (Fsp3) is 0.966. The van der Waals surface area contributed by atoms with Crippen molar-refractivity contribution in [2.45, 2.75) is 302 Å². The van der Waals surface area contributed by atoms with Crippen LogP contribution < -0.4 is 0 Å². The van der Waals surface area contributed by atoms with Gasteiger partial charge in [0.1, 0.15) is 12.2 Å². The molecule has 6 unspecified atom stereocenters. The maximum absolute atomic E-state index is 12.6. The number of hydrogen-bond acceptors (Lipinski definition) is 11. The second-order valence-electron chi connectivity index (χ2n) is 22.0. The zero-order valence-electron chi connectivity index (χ0n) is 46.4. The predicted molar refractivity (Wildman–Crippen MR) is 288 cm³/mol. The molecule has 0 radical (unpaired) electrons. The third-order valence-corrected chi connectivity index (χ3v) is 15.5. The Labute approximate surface area is 431 Å². The number of carbonyl (C=O) groups excluding carboxylic acids is 2. The molecule has 3 aliphatic rings. The van der Waals surface area contributed by atoms with Crippen LogP contribution in [0.2, 0.25) is 0 Å². The summed E-state index contributed by atoms with van der Waals surface area (Å²) in [7, 11) is 0. The molecule has 11 nitrogen and oxygen atoms in total. The van der Waals surface area contributed by atoms with Crippen molar-refractivity contribution >= 4 is 12.4 Å². The molecule has 0 spiro atoms. The lowest BCUT2D eigenvalue weighted by Crippen LogP contribution is -2.40. The summed E-state index contributed by atoms with van der Waals surface area (Å²) in [6.45, 7) is 17.1.